The van der Waals surface area contributed by atoms with Crippen LogP contribution in [0.1, 0.15) is 44.5 Å². The summed E-state index contributed by atoms with van der Waals surface area (Å²) in [7, 11) is 0. The molecule has 0 radical (unpaired) electrons. The van der Waals surface area contributed by atoms with E-state index in [-0.39, 0.29) is 5.41 Å². The molecule has 8 aromatic rings. The molecule has 0 atom stereocenters. The lowest BCUT2D eigenvalue weighted by Gasteiger charge is -2.33. The van der Waals surface area contributed by atoms with Crippen molar-refractivity contribution in [3.05, 3.63) is 239 Å². The fourth-order valence-electron chi connectivity index (χ4n) is 8.94. The van der Waals surface area contributed by atoms with E-state index in [1.807, 2.05) is 0 Å². The fraction of sp³-hybridized carbons (Fsp3) is 0.0385. The molecule has 2 aliphatic carbocycles. The van der Waals surface area contributed by atoms with Gasteiger partial charge in [-0.2, -0.15) is 0 Å². The summed E-state index contributed by atoms with van der Waals surface area (Å²) in [6, 6.07) is 71.4. The highest BCUT2D eigenvalue weighted by atomic mass is 14.5. The van der Waals surface area contributed by atoms with Crippen LogP contribution in [0.2, 0.25) is 0 Å². The molecule has 0 bridgehead atoms. The lowest BCUT2D eigenvalue weighted by atomic mass is 9.67. The minimum atomic E-state index is -0.370. The Bertz CT molecular complexity index is 2560. The molecule has 10 rings (SSSR count). The van der Waals surface area contributed by atoms with E-state index in [1.165, 1.54) is 89.0 Å². The third kappa shape index (κ3) is 4.76. The van der Waals surface area contributed by atoms with Gasteiger partial charge in [0, 0.05) is 0 Å². The highest BCUT2D eigenvalue weighted by molar-refractivity contribution is 5.94. The second-order valence-corrected chi connectivity index (χ2v) is 14.0. The molecule has 52 heavy (non-hydrogen) atoms. The van der Waals surface area contributed by atoms with Crippen molar-refractivity contribution >= 4 is 12.2 Å². The van der Waals surface area contributed by atoms with Gasteiger partial charge in [-0.1, -0.05) is 206 Å². The largest absolute Gasteiger partial charge is 0.0713 e. The van der Waals surface area contributed by atoms with Gasteiger partial charge in [0.15, 0.2) is 0 Å². The van der Waals surface area contributed by atoms with E-state index in [9.17, 15) is 0 Å². The van der Waals surface area contributed by atoms with Gasteiger partial charge < -0.3 is 0 Å². The zero-order valence-electron chi connectivity index (χ0n) is 28.8. The van der Waals surface area contributed by atoms with Crippen molar-refractivity contribution in [2.45, 2.75) is 11.8 Å². The lowest BCUT2D eigenvalue weighted by molar-refractivity contribution is 0.768. The van der Waals surface area contributed by atoms with Crippen LogP contribution < -0.4 is 0 Å². The Morgan fingerprint density at radius 1 is 0.365 bits per heavy atom. The Morgan fingerprint density at radius 3 is 1.54 bits per heavy atom. The second kappa shape index (κ2) is 12.4. The molecule has 0 aromatic heterocycles. The van der Waals surface area contributed by atoms with Crippen LogP contribution in [0.4, 0.5) is 0 Å². The minimum absolute atomic E-state index is 0.370. The van der Waals surface area contributed by atoms with Gasteiger partial charge in [-0.25, -0.2) is 0 Å². The van der Waals surface area contributed by atoms with Gasteiger partial charge in [0.1, 0.15) is 0 Å². The molecule has 0 saturated carbocycles. The molecule has 0 aliphatic heterocycles. The number of benzene rings is 8. The van der Waals surface area contributed by atoms with Crippen molar-refractivity contribution in [1.82, 2.24) is 0 Å². The Morgan fingerprint density at radius 2 is 0.865 bits per heavy atom. The normalized spacial score (nSPS) is 13.4. The van der Waals surface area contributed by atoms with Gasteiger partial charge in [-0.05, 0) is 95.4 Å². The Balaban J connectivity index is 0.992. The summed E-state index contributed by atoms with van der Waals surface area (Å²) in [5.74, 6) is 0. The molecule has 0 spiro atoms. The highest BCUT2D eigenvalue weighted by Crippen LogP contribution is 2.56. The third-order valence-electron chi connectivity index (χ3n) is 11.2. The highest BCUT2D eigenvalue weighted by Gasteiger charge is 2.45. The smallest absolute Gasteiger partial charge is 0.0622 e. The number of hydrogen-bond acceptors (Lipinski definition) is 0. The molecule has 0 heteroatoms. The van der Waals surface area contributed by atoms with Crippen LogP contribution in [-0.2, 0) is 11.8 Å². The van der Waals surface area contributed by atoms with Crippen LogP contribution in [0.5, 0.6) is 0 Å². The minimum Gasteiger partial charge on any atom is -0.0622 e. The van der Waals surface area contributed by atoms with E-state index in [0.717, 1.165) is 6.42 Å². The van der Waals surface area contributed by atoms with Gasteiger partial charge in [0.25, 0.3) is 0 Å². The first-order valence-corrected chi connectivity index (χ1v) is 18.2. The maximum atomic E-state index is 2.38. The van der Waals surface area contributed by atoms with Gasteiger partial charge in [-0.3, -0.25) is 0 Å². The van der Waals surface area contributed by atoms with Gasteiger partial charge in [-0.15, -0.1) is 0 Å². The van der Waals surface area contributed by atoms with Gasteiger partial charge in [0.2, 0.25) is 0 Å². The van der Waals surface area contributed by atoms with E-state index >= 15 is 0 Å². The Labute approximate surface area is 306 Å². The summed E-state index contributed by atoms with van der Waals surface area (Å²) in [4.78, 5) is 0. The number of rotatable bonds is 6. The first-order chi connectivity index (χ1) is 25.8. The monoisotopic (exact) mass is 660 g/mol. The van der Waals surface area contributed by atoms with E-state index < -0.39 is 0 Å². The van der Waals surface area contributed by atoms with E-state index in [1.54, 1.807) is 0 Å². The molecule has 0 nitrogen and oxygen atoms in total. The maximum Gasteiger partial charge on any atom is 0.0713 e. The summed E-state index contributed by atoms with van der Waals surface area (Å²) in [6.07, 6.45) is 5.44. The fourth-order valence-corrected chi connectivity index (χ4v) is 8.94. The molecule has 0 unspecified atom stereocenters. The van der Waals surface area contributed by atoms with Gasteiger partial charge >= 0.3 is 0 Å². The van der Waals surface area contributed by atoms with Crippen LogP contribution >= 0.6 is 0 Å². The molecule has 2 aliphatic rings. The first kappa shape index (κ1) is 30.3. The summed E-state index contributed by atoms with van der Waals surface area (Å²) in [6.45, 7) is 0. The molecule has 0 heterocycles. The molecule has 0 amide bonds. The van der Waals surface area contributed by atoms with Crippen molar-refractivity contribution in [1.29, 1.82) is 0 Å². The van der Waals surface area contributed by atoms with Crippen molar-refractivity contribution in [2.75, 3.05) is 0 Å². The zero-order valence-corrected chi connectivity index (χ0v) is 28.8. The molecular weight excluding hydrogens is 625 g/mol. The Kier molecular flexibility index (Phi) is 7.22. The SMILES string of the molecule is C(=Cc1ccc2c(c1)Cc1c-2ccc(-c2ccccc2)c1-c1ccccc1)c1ccc(C2(c3ccccc3)c3ccccc3-c3ccccc32)cc1. The molecule has 0 fully saturated rings. The number of fused-ring (bicyclic) bond motifs is 6. The van der Waals surface area contributed by atoms with E-state index in [2.05, 4.69) is 206 Å². The van der Waals surface area contributed by atoms with Crippen LogP contribution in [0.3, 0.4) is 0 Å². The van der Waals surface area contributed by atoms with Crippen LogP contribution in [0.15, 0.2) is 194 Å². The number of hydrogen-bond donors (Lipinski definition) is 0. The average Bonchev–Trinajstić information content (AvgIpc) is 3.74. The van der Waals surface area contributed by atoms with Crippen LogP contribution in [-0.4, -0.2) is 0 Å². The predicted molar refractivity (Wildman–Crippen MR) is 218 cm³/mol. The summed E-state index contributed by atoms with van der Waals surface area (Å²) < 4.78 is 0. The zero-order chi connectivity index (χ0) is 34.5. The maximum absolute atomic E-state index is 2.38. The topological polar surface area (TPSA) is 0 Å². The molecule has 244 valence electrons. The summed E-state index contributed by atoms with van der Waals surface area (Å²) >= 11 is 0. The van der Waals surface area contributed by atoms with Crippen molar-refractivity contribution < 1.29 is 0 Å². The van der Waals surface area contributed by atoms with Crippen LogP contribution in [0, 0.1) is 0 Å². The predicted octanol–water partition coefficient (Wildman–Crippen LogP) is 13.1. The molecule has 8 aromatic carbocycles. The van der Waals surface area contributed by atoms with Crippen molar-refractivity contribution in [3.63, 3.8) is 0 Å². The average molecular weight is 661 g/mol. The molecule has 0 N–H and O–H groups in total. The second-order valence-electron chi connectivity index (χ2n) is 14.0. The van der Waals surface area contributed by atoms with Crippen LogP contribution in [0.25, 0.3) is 56.7 Å². The van der Waals surface area contributed by atoms with E-state index in [0.29, 0.717) is 0 Å². The van der Waals surface area contributed by atoms with Gasteiger partial charge in [0.05, 0.1) is 5.41 Å². The lowest BCUT2D eigenvalue weighted by Crippen LogP contribution is -2.28. The summed E-state index contributed by atoms with van der Waals surface area (Å²) in [5.41, 5.74) is 20.6. The van der Waals surface area contributed by atoms with E-state index in [4.69, 9.17) is 0 Å². The van der Waals surface area contributed by atoms with Crippen molar-refractivity contribution in [2.24, 2.45) is 0 Å². The summed E-state index contributed by atoms with van der Waals surface area (Å²) in [5, 5.41) is 0. The van der Waals surface area contributed by atoms with Crippen molar-refractivity contribution in [3.8, 4) is 44.5 Å². The third-order valence-corrected chi connectivity index (χ3v) is 11.2. The molecule has 0 saturated heterocycles. The quantitative estimate of drug-likeness (QED) is 0.156. The first-order valence-electron chi connectivity index (χ1n) is 18.2. The standard InChI is InChI=1S/C52H36/c1-4-14-38(15-5-1)44-32-33-45-43-31-28-37(34-40(43)35-48(45)51(44)39-16-6-2-7-17-39)25-24-36-26-29-42(30-27-36)52(41-18-8-3-9-19-41)49-22-12-10-20-46(49)47-21-11-13-23-50(47)52/h1-34H,35H2. The Hall–Kier alpha value is -6.50. The molecular formula is C52H36.